The molecule has 0 fully saturated rings. The summed E-state index contributed by atoms with van der Waals surface area (Å²) in [4.78, 5) is 0. The molecule has 0 N–H and O–H groups in total. The zero-order valence-corrected chi connectivity index (χ0v) is 16.9. The number of hydrogen-bond acceptors (Lipinski definition) is 7. The van der Waals surface area contributed by atoms with Crippen molar-refractivity contribution in [3.8, 4) is 36.4 Å². The van der Waals surface area contributed by atoms with E-state index in [9.17, 15) is 0 Å². The highest BCUT2D eigenvalue weighted by atomic mass is 16.5. The van der Waals surface area contributed by atoms with Gasteiger partial charge in [0.05, 0.1) is 49.4 Å². The molecule has 1 atom stereocenters. The Kier molecular flexibility index (Phi) is 33.5. The molecule has 0 aliphatic rings. The lowest BCUT2D eigenvalue weighted by Gasteiger charge is -2.02. The Morgan fingerprint density at radius 3 is 1.54 bits per heavy atom. The van der Waals surface area contributed by atoms with Gasteiger partial charge in [0, 0.05) is 38.2 Å². The van der Waals surface area contributed by atoms with E-state index in [1.807, 2.05) is 37.3 Å². The second-order valence-electron chi connectivity index (χ2n) is 5.62. The predicted octanol–water partition coefficient (Wildman–Crippen LogP) is 5.04. The molecular formula is C21H30N6O. The molecule has 0 saturated carbocycles. The fraction of sp³-hybridized carbons (Fsp3) is 0.714. The summed E-state index contributed by atoms with van der Waals surface area (Å²) in [7, 11) is 0. The molecule has 150 valence electrons. The average molecular weight is 383 g/mol. The van der Waals surface area contributed by atoms with Crippen molar-refractivity contribution in [2.45, 2.75) is 77.6 Å². The lowest BCUT2D eigenvalue weighted by Crippen LogP contribution is -1.96. The first-order chi connectivity index (χ1) is 13.7. The van der Waals surface area contributed by atoms with Crippen molar-refractivity contribution in [2.75, 3.05) is 13.2 Å². The first-order valence-electron chi connectivity index (χ1n) is 9.50. The molecule has 7 heteroatoms. The van der Waals surface area contributed by atoms with Crippen LogP contribution in [0.5, 0.6) is 0 Å². The fourth-order valence-electron chi connectivity index (χ4n) is 1.71. The van der Waals surface area contributed by atoms with E-state index in [-0.39, 0.29) is 5.92 Å². The van der Waals surface area contributed by atoms with E-state index in [2.05, 4.69) is 6.07 Å². The van der Waals surface area contributed by atoms with E-state index in [1.54, 1.807) is 0 Å². The normalized spacial score (nSPS) is 9.11. The quantitative estimate of drug-likeness (QED) is 0.428. The van der Waals surface area contributed by atoms with Crippen molar-refractivity contribution in [3.05, 3.63) is 0 Å². The SMILES string of the molecule is CCCOCCC#N.N#CCCCC(C#N)CCC#N.N#CCCCCC#N. The van der Waals surface area contributed by atoms with Crippen molar-refractivity contribution in [3.63, 3.8) is 0 Å². The van der Waals surface area contributed by atoms with Gasteiger partial charge >= 0.3 is 0 Å². The summed E-state index contributed by atoms with van der Waals surface area (Å²) in [6.07, 6.45) is 7.53. The number of nitrogens with zero attached hydrogens (tertiary/aromatic N) is 6. The van der Waals surface area contributed by atoms with Crippen LogP contribution < -0.4 is 0 Å². The van der Waals surface area contributed by atoms with Gasteiger partial charge in [0.25, 0.3) is 0 Å². The molecule has 0 rings (SSSR count). The maximum absolute atomic E-state index is 8.61. The third-order valence-corrected chi connectivity index (χ3v) is 3.16. The molecule has 0 aromatic heterocycles. The summed E-state index contributed by atoms with van der Waals surface area (Å²) in [6, 6.07) is 12.2. The number of nitriles is 6. The van der Waals surface area contributed by atoms with Crippen LogP contribution in [-0.4, -0.2) is 13.2 Å². The molecule has 0 aliphatic heterocycles. The largest absolute Gasteiger partial charge is 0.380 e. The molecule has 0 bridgehead atoms. The van der Waals surface area contributed by atoms with Crippen molar-refractivity contribution in [1.82, 2.24) is 0 Å². The third-order valence-electron chi connectivity index (χ3n) is 3.16. The topological polar surface area (TPSA) is 152 Å². The van der Waals surface area contributed by atoms with Gasteiger partial charge < -0.3 is 4.74 Å². The minimum atomic E-state index is -0.0435. The van der Waals surface area contributed by atoms with E-state index in [4.69, 9.17) is 36.3 Å². The second-order valence-corrected chi connectivity index (χ2v) is 5.62. The van der Waals surface area contributed by atoms with E-state index in [0.717, 1.165) is 38.7 Å². The summed E-state index contributed by atoms with van der Waals surface area (Å²) < 4.78 is 5.00. The van der Waals surface area contributed by atoms with Crippen LogP contribution in [0.15, 0.2) is 0 Å². The molecule has 7 nitrogen and oxygen atoms in total. The molecule has 0 aliphatic carbocycles. The summed E-state index contributed by atoms with van der Waals surface area (Å²) in [5.41, 5.74) is 0. The Balaban J connectivity index is -0.000000347. The monoisotopic (exact) mass is 382 g/mol. The number of hydrogen-bond donors (Lipinski definition) is 0. The maximum Gasteiger partial charge on any atom is 0.0656 e. The zero-order chi connectivity index (χ0) is 21.7. The van der Waals surface area contributed by atoms with Gasteiger partial charge in [-0.3, -0.25) is 0 Å². The number of unbranched alkanes of at least 4 members (excludes halogenated alkanes) is 4. The Morgan fingerprint density at radius 1 is 0.607 bits per heavy atom. The van der Waals surface area contributed by atoms with E-state index in [0.29, 0.717) is 45.1 Å². The maximum atomic E-state index is 8.61. The van der Waals surface area contributed by atoms with Gasteiger partial charge in [0.2, 0.25) is 0 Å². The van der Waals surface area contributed by atoms with Gasteiger partial charge in [0.15, 0.2) is 0 Å². The molecule has 0 amide bonds. The molecule has 0 saturated heterocycles. The Bertz CT molecular complexity index is 561. The van der Waals surface area contributed by atoms with Crippen LogP contribution in [-0.2, 0) is 4.74 Å². The van der Waals surface area contributed by atoms with Gasteiger partial charge in [-0.05, 0) is 38.5 Å². The highest BCUT2D eigenvalue weighted by Gasteiger charge is 2.05. The van der Waals surface area contributed by atoms with Crippen LogP contribution in [0.3, 0.4) is 0 Å². The molecule has 28 heavy (non-hydrogen) atoms. The van der Waals surface area contributed by atoms with E-state index < -0.39 is 0 Å². The molecule has 0 radical (unpaired) electrons. The average Bonchev–Trinajstić information content (AvgIpc) is 2.72. The number of ether oxygens (including phenoxy) is 1. The van der Waals surface area contributed by atoms with Crippen molar-refractivity contribution >= 4 is 0 Å². The molecule has 0 heterocycles. The minimum absolute atomic E-state index is 0.0435. The Hall–Kier alpha value is -3.10. The Morgan fingerprint density at radius 2 is 1.11 bits per heavy atom. The molecule has 0 spiro atoms. The molecule has 0 aromatic carbocycles. The fourth-order valence-corrected chi connectivity index (χ4v) is 1.71. The predicted molar refractivity (Wildman–Crippen MR) is 104 cm³/mol. The van der Waals surface area contributed by atoms with E-state index in [1.165, 1.54) is 0 Å². The van der Waals surface area contributed by atoms with Crippen LogP contribution in [0, 0.1) is 73.9 Å². The minimum Gasteiger partial charge on any atom is -0.380 e. The van der Waals surface area contributed by atoms with Gasteiger partial charge in [0.1, 0.15) is 0 Å². The van der Waals surface area contributed by atoms with Gasteiger partial charge in [-0.2, -0.15) is 31.6 Å². The van der Waals surface area contributed by atoms with Crippen molar-refractivity contribution in [2.24, 2.45) is 5.92 Å². The standard InChI is InChI=1S/C9H11N3.C6H8N2.C6H11NO/c10-6-2-1-4-9(8-12)5-3-7-11;7-5-3-1-2-4-6-8;1-2-5-8-6-3-4-7/h9H,1-5H2;1-4H2;2-3,5-6H2,1H3. The molecule has 0 aromatic rings. The van der Waals surface area contributed by atoms with Crippen LogP contribution in [0.1, 0.15) is 77.6 Å². The highest BCUT2D eigenvalue weighted by Crippen LogP contribution is 2.12. The molecular weight excluding hydrogens is 352 g/mol. The first-order valence-corrected chi connectivity index (χ1v) is 9.50. The van der Waals surface area contributed by atoms with Crippen LogP contribution in [0.25, 0.3) is 0 Å². The smallest absolute Gasteiger partial charge is 0.0656 e. The summed E-state index contributed by atoms with van der Waals surface area (Å²) in [5, 5.41) is 49.2. The van der Waals surface area contributed by atoms with Crippen molar-refractivity contribution < 1.29 is 4.74 Å². The second kappa shape index (κ2) is 31.6. The van der Waals surface area contributed by atoms with Crippen LogP contribution in [0.2, 0.25) is 0 Å². The van der Waals surface area contributed by atoms with Crippen LogP contribution in [0.4, 0.5) is 0 Å². The zero-order valence-electron chi connectivity index (χ0n) is 16.9. The van der Waals surface area contributed by atoms with Gasteiger partial charge in [-0.15, -0.1) is 0 Å². The highest BCUT2D eigenvalue weighted by molar-refractivity contribution is 4.86. The molecule has 1 unspecified atom stereocenters. The summed E-state index contributed by atoms with van der Waals surface area (Å²) in [6.45, 7) is 3.42. The lowest BCUT2D eigenvalue weighted by molar-refractivity contribution is 0.140. The summed E-state index contributed by atoms with van der Waals surface area (Å²) >= 11 is 0. The van der Waals surface area contributed by atoms with Gasteiger partial charge in [-0.25, -0.2) is 0 Å². The number of rotatable bonds is 12. The van der Waals surface area contributed by atoms with Gasteiger partial charge in [-0.1, -0.05) is 6.92 Å². The third kappa shape index (κ3) is 34.3. The Labute approximate surface area is 170 Å². The van der Waals surface area contributed by atoms with Crippen molar-refractivity contribution in [1.29, 1.82) is 31.6 Å². The lowest BCUT2D eigenvalue weighted by atomic mass is 9.99. The van der Waals surface area contributed by atoms with E-state index >= 15 is 0 Å². The van der Waals surface area contributed by atoms with Crippen LogP contribution >= 0.6 is 0 Å². The summed E-state index contributed by atoms with van der Waals surface area (Å²) in [5.74, 6) is -0.0435. The first kappa shape index (κ1) is 29.7.